The second-order valence-electron chi connectivity index (χ2n) is 6.20. The highest BCUT2D eigenvalue weighted by molar-refractivity contribution is 6.76. The van der Waals surface area contributed by atoms with E-state index in [2.05, 4.69) is 13.5 Å². The third-order valence-corrected chi connectivity index (χ3v) is 4.45. The lowest BCUT2D eigenvalue weighted by molar-refractivity contribution is 0.177. The molecule has 1 atom stereocenters. The molecule has 1 N–H and O–H groups in total. The van der Waals surface area contributed by atoms with Crippen molar-refractivity contribution < 1.29 is 9.13 Å². The van der Waals surface area contributed by atoms with Crippen molar-refractivity contribution in [2.75, 3.05) is 0 Å². The Bertz CT molecular complexity index is 359. The first-order chi connectivity index (χ1) is 11.3. The predicted octanol–water partition coefficient (Wildman–Crippen LogP) is 7.90. The van der Waals surface area contributed by atoms with E-state index in [9.17, 15) is 4.39 Å². The van der Waals surface area contributed by atoms with E-state index in [0.29, 0.717) is 6.42 Å². The van der Waals surface area contributed by atoms with Crippen molar-refractivity contribution in [3.8, 4) is 0 Å². The molecule has 0 fully saturated rings. The molecule has 0 saturated heterocycles. The van der Waals surface area contributed by atoms with Crippen LogP contribution in [-0.2, 0) is 4.74 Å². The molecule has 0 amide bonds. The molecule has 0 aliphatic heterocycles. The summed E-state index contributed by atoms with van der Waals surface area (Å²) < 4.78 is 16.5. The van der Waals surface area contributed by atoms with Crippen molar-refractivity contribution in [2.24, 2.45) is 0 Å². The molecule has 0 aromatic carbocycles. The smallest absolute Gasteiger partial charge is 0.265 e. The van der Waals surface area contributed by atoms with Crippen LogP contribution in [0.2, 0.25) is 0 Å². The molecule has 142 valence electrons. The Morgan fingerprint density at radius 2 is 1.38 bits per heavy atom. The lowest BCUT2D eigenvalue weighted by Gasteiger charge is -2.20. The number of halogens is 4. The van der Waals surface area contributed by atoms with Gasteiger partial charge in [0.15, 0.2) is 6.10 Å². The minimum Gasteiger partial charge on any atom is -0.467 e. The summed E-state index contributed by atoms with van der Waals surface area (Å²) in [6.45, 7) is 5.47. The van der Waals surface area contributed by atoms with E-state index in [1.54, 1.807) is 0 Å². The van der Waals surface area contributed by atoms with Crippen molar-refractivity contribution in [1.82, 2.24) is 0 Å². The van der Waals surface area contributed by atoms with Gasteiger partial charge >= 0.3 is 0 Å². The minimum absolute atomic E-state index is 0.440. The summed E-state index contributed by atoms with van der Waals surface area (Å²) in [7, 11) is 0. The molecule has 0 saturated carbocycles. The zero-order chi connectivity index (χ0) is 18.4. The van der Waals surface area contributed by atoms with E-state index in [1.807, 2.05) is 0 Å². The summed E-state index contributed by atoms with van der Waals surface area (Å²) in [4.78, 5) is 0. The van der Waals surface area contributed by atoms with E-state index >= 15 is 0 Å². The summed E-state index contributed by atoms with van der Waals surface area (Å²) in [5.41, 5.74) is 0. The molecule has 0 radical (unpaired) electrons. The fourth-order valence-corrected chi connectivity index (χ4v) is 2.62. The molecule has 24 heavy (non-hydrogen) atoms. The molecular formula is C18H31Cl3FNO. The minimum atomic E-state index is -1.97. The lowest BCUT2D eigenvalue weighted by Crippen LogP contribution is -2.27. The first-order valence-corrected chi connectivity index (χ1v) is 10.1. The summed E-state index contributed by atoms with van der Waals surface area (Å²) >= 11 is 16.6. The van der Waals surface area contributed by atoms with Crippen LogP contribution in [0, 0.1) is 5.41 Å². The first-order valence-electron chi connectivity index (χ1n) is 8.95. The molecule has 6 heteroatoms. The summed E-state index contributed by atoms with van der Waals surface area (Å²) in [6.07, 6.45) is 12.9. The molecule has 0 aliphatic carbocycles. The van der Waals surface area contributed by atoms with Crippen LogP contribution >= 0.6 is 34.8 Å². The second kappa shape index (κ2) is 14.2. The highest BCUT2D eigenvalue weighted by atomic mass is 35.6. The zero-order valence-electron chi connectivity index (χ0n) is 14.7. The van der Waals surface area contributed by atoms with Gasteiger partial charge in [-0.15, -0.1) is 0 Å². The standard InChI is InChI=1S/C18H31Cl3FNO/c1-3-4-5-6-7-8-9-10-11-12-13-14-16(15(2)22)24-17(23)18(19,20)21/h16,23H,2-14H2,1H3. The monoisotopic (exact) mass is 401 g/mol. The van der Waals surface area contributed by atoms with Crippen LogP contribution in [0.1, 0.15) is 84.0 Å². The van der Waals surface area contributed by atoms with Crippen LogP contribution in [0.3, 0.4) is 0 Å². The van der Waals surface area contributed by atoms with Gasteiger partial charge in [-0.1, -0.05) is 113 Å². The highest BCUT2D eigenvalue weighted by Gasteiger charge is 2.31. The Morgan fingerprint density at radius 3 is 1.75 bits per heavy atom. The number of unbranched alkanes of at least 4 members (excludes halogenated alkanes) is 10. The molecule has 0 spiro atoms. The SMILES string of the molecule is C=C(F)C(CCCCCCCCCCCCC)OC(=N)C(Cl)(Cl)Cl. The lowest BCUT2D eigenvalue weighted by atomic mass is 10.0. The van der Waals surface area contributed by atoms with Crippen molar-refractivity contribution in [2.45, 2.75) is 93.9 Å². The van der Waals surface area contributed by atoms with Crippen LogP contribution < -0.4 is 0 Å². The van der Waals surface area contributed by atoms with Gasteiger partial charge < -0.3 is 4.74 Å². The Labute approximate surface area is 161 Å². The maximum absolute atomic E-state index is 13.4. The van der Waals surface area contributed by atoms with Gasteiger partial charge in [0.1, 0.15) is 5.83 Å². The summed E-state index contributed by atoms with van der Waals surface area (Å²) in [5.74, 6) is -1.21. The van der Waals surface area contributed by atoms with Gasteiger partial charge in [0.25, 0.3) is 3.79 Å². The molecule has 0 aromatic heterocycles. The fourth-order valence-electron chi connectivity index (χ4n) is 2.48. The quantitative estimate of drug-likeness (QED) is 0.136. The maximum atomic E-state index is 13.4. The van der Waals surface area contributed by atoms with E-state index in [-0.39, 0.29) is 0 Å². The average Bonchev–Trinajstić information content (AvgIpc) is 2.50. The van der Waals surface area contributed by atoms with Crippen molar-refractivity contribution in [1.29, 1.82) is 5.41 Å². The summed E-state index contributed by atoms with van der Waals surface area (Å²) in [5, 5.41) is 7.49. The third kappa shape index (κ3) is 13.3. The molecule has 2 nitrogen and oxygen atoms in total. The Hall–Kier alpha value is 0.01000. The Morgan fingerprint density at radius 1 is 0.958 bits per heavy atom. The van der Waals surface area contributed by atoms with Gasteiger partial charge in [0.2, 0.25) is 5.90 Å². The zero-order valence-corrected chi connectivity index (χ0v) is 17.0. The number of ether oxygens (including phenoxy) is 1. The topological polar surface area (TPSA) is 33.1 Å². The van der Waals surface area contributed by atoms with Gasteiger partial charge in [-0.2, -0.15) is 0 Å². The van der Waals surface area contributed by atoms with Crippen LogP contribution in [-0.4, -0.2) is 15.8 Å². The van der Waals surface area contributed by atoms with E-state index in [4.69, 9.17) is 44.9 Å². The molecular weight excluding hydrogens is 372 g/mol. The first kappa shape index (κ1) is 24.0. The highest BCUT2D eigenvalue weighted by Crippen LogP contribution is 2.29. The fraction of sp³-hybridized carbons (Fsp3) is 0.833. The van der Waals surface area contributed by atoms with Crippen molar-refractivity contribution >= 4 is 40.7 Å². The van der Waals surface area contributed by atoms with Crippen molar-refractivity contribution in [3.63, 3.8) is 0 Å². The second-order valence-corrected chi connectivity index (χ2v) is 8.49. The predicted molar refractivity (Wildman–Crippen MR) is 104 cm³/mol. The molecule has 0 bridgehead atoms. The Balaban J connectivity index is 3.68. The van der Waals surface area contributed by atoms with Gasteiger partial charge in [-0.25, -0.2) is 4.39 Å². The largest absolute Gasteiger partial charge is 0.467 e. The van der Waals surface area contributed by atoms with Crippen LogP contribution in [0.25, 0.3) is 0 Å². The molecule has 0 aromatic rings. The molecule has 0 heterocycles. The maximum Gasteiger partial charge on any atom is 0.265 e. The van der Waals surface area contributed by atoms with E-state index in [1.165, 1.54) is 51.4 Å². The average molecular weight is 403 g/mol. The van der Waals surface area contributed by atoms with Gasteiger partial charge in [-0.3, -0.25) is 5.41 Å². The Kier molecular flexibility index (Phi) is 14.2. The van der Waals surface area contributed by atoms with Crippen LogP contribution in [0.5, 0.6) is 0 Å². The normalized spacial score (nSPS) is 12.9. The molecule has 0 rings (SSSR count). The number of hydrogen-bond acceptors (Lipinski definition) is 2. The number of nitrogens with one attached hydrogen (secondary N) is 1. The van der Waals surface area contributed by atoms with Crippen molar-refractivity contribution in [3.05, 3.63) is 12.4 Å². The number of alkyl halides is 3. The van der Waals surface area contributed by atoms with Crippen LogP contribution in [0.4, 0.5) is 4.39 Å². The van der Waals surface area contributed by atoms with Gasteiger partial charge in [-0.05, 0) is 12.8 Å². The van der Waals surface area contributed by atoms with Gasteiger partial charge in [0.05, 0.1) is 0 Å². The third-order valence-electron chi connectivity index (χ3n) is 3.94. The molecule has 1 unspecified atom stereocenters. The number of hydrogen-bond donors (Lipinski definition) is 1. The van der Waals surface area contributed by atoms with E-state index in [0.717, 1.165) is 19.3 Å². The van der Waals surface area contributed by atoms with Gasteiger partial charge in [0, 0.05) is 0 Å². The number of rotatable bonds is 14. The van der Waals surface area contributed by atoms with Crippen LogP contribution in [0.15, 0.2) is 12.4 Å². The molecule has 0 aliphatic rings. The summed E-state index contributed by atoms with van der Waals surface area (Å²) in [6, 6.07) is 0. The van der Waals surface area contributed by atoms with E-state index < -0.39 is 21.6 Å².